The Morgan fingerprint density at radius 3 is 2.88 bits per heavy atom. The van der Waals surface area contributed by atoms with Crippen molar-refractivity contribution < 1.29 is 4.74 Å². The zero-order valence-corrected chi connectivity index (χ0v) is 11.7. The fraction of sp³-hybridized carbons (Fsp3) is 0.250. The minimum absolute atomic E-state index is 0.535. The van der Waals surface area contributed by atoms with Crippen molar-refractivity contribution in [3.63, 3.8) is 0 Å². The van der Waals surface area contributed by atoms with Gasteiger partial charge in [-0.1, -0.05) is 6.07 Å². The Kier molecular flexibility index (Phi) is 4.01. The second kappa shape index (κ2) is 5.50. The van der Waals surface area contributed by atoms with Crippen LogP contribution >= 0.6 is 22.6 Å². The average molecular weight is 343 g/mol. The van der Waals surface area contributed by atoms with Crippen LogP contribution in [0.5, 0.6) is 5.75 Å². The van der Waals surface area contributed by atoms with Crippen LogP contribution in [0.2, 0.25) is 0 Å². The topological polar surface area (TPSA) is 53.1 Å². The predicted molar refractivity (Wildman–Crippen MR) is 74.9 cm³/mol. The highest BCUT2D eigenvalue weighted by atomic mass is 127. The third-order valence-corrected chi connectivity index (χ3v) is 3.07. The lowest BCUT2D eigenvalue weighted by Gasteiger charge is -2.10. The molecule has 0 bridgehead atoms. The number of halogens is 1. The van der Waals surface area contributed by atoms with E-state index in [0.29, 0.717) is 13.1 Å². The van der Waals surface area contributed by atoms with E-state index in [4.69, 9.17) is 10.5 Å². The lowest BCUT2D eigenvalue weighted by molar-refractivity contribution is 0.407. The summed E-state index contributed by atoms with van der Waals surface area (Å²) in [5, 5.41) is 4.26. The molecule has 0 aliphatic carbocycles. The van der Waals surface area contributed by atoms with Gasteiger partial charge in [0.1, 0.15) is 5.75 Å². The Labute approximate surface area is 114 Å². The highest BCUT2D eigenvalue weighted by molar-refractivity contribution is 14.1. The molecule has 2 N–H and O–H groups in total. The first kappa shape index (κ1) is 12.4. The quantitative estimate of drug-likeness (QED) is 0.864. The number of ether oxygens (including phenoxy) is 1. The van der Waals surface area contributed by atoms with Crippen LogP contribution in [0.15, 0.2) is 30.6 Å². The molecule has 0 atom stereocenters. The number of nitrogens with zero attached hydrogens (tertiary/aromatic N) is 2. The Morgan fingerprint density at radius 1 is 1.47 bits per heavy atom. The van der Waals surface area contributed by atoms with Gasteiger partial charge in [-0.15, -0.1) is 0 Å². The van der Waals surface area contributed by atoms with Gasteiger partial charge in [0.15, 0.2) is 0 Å². The molecule has 0 aliphatic heterocycles. The molecule has 1 aromatic carbocycles. The number of hydrogen-bond donors (Lipinski definition) is 1. The van der Waals surface area contributed by atoms with Gasteiger partial charge >= 0.3 is 0 Å². The van der Waals surface area contributed by atoms with E-state index in [0.717, 1.165) is 20.4 Å². The molecule has 0 unspecified atom stereocenters. The maximum Gasteiger partial charge on any atom is 0.123 e. The Morgan fingerprint density at radius 2 is 2.29 bits per heavy atom. The van der Waals surface area contributed by atoms with Crippen LogP contribution in [0.4, 0.5) is 0 Å². The van der Waals surface area contributed by atoms with E-state index in [2.05, 4.69) is 33.8 Å². The molecule has 0 radical (unpaired) electrons. The van der Waals surface area contributed by atoms with Crippen LogP contribution in [0, 0.1) is 3.57 Å². The molecule has 0 saturated carbocycles. The van der Waals surface area contributed by atoms with Gasteiger partial charge in [0, 0.05) is 18.3 Å². The summed E-state index contributed by atoms with van der Waals surface area (Å²) in [6.07, 6.45) is 3.83. The van der Waals surface area contributed by atoms with E-state index >= 15 is 0 Å². The summed E-state index contributed by atoms with van der Waals surface area (Å²) in [6.45, 7) is 1.23. The second-order valence-corrected chi connectivity index (χ2v) is 4.95. The maximum absolute atomic E-state index is 5.64. The number of benzene rings is 1. The number of aromatic nitrogens is 2. The van der Waals surface area contributed by atoms with Crippen LogP contribution in [0.25, 0.3) is 0 Å². The molecule has 4 nitrogen and oxygen atoms in total. The van der Waals surface area contributed by atoms with Crippen LogP contribution in [-0.2, 0) is 13.1 Å². The lowest BCUT2D eigenvalue weighted by Crippen LogP contribution is -2.04. The Hall–Kier alpha value is -1.08. The molecular weight excluding hydrogens is 329 g/mol. The van der Waals surface area contributed by atoms with Crippen molar-refractivity contribution >= 4 is 22.6 Å². The Balaban J connectivity index is 2.29. The highest BCUT2D eigenvalue weighted by Gasteiger charge is 2.05. The molecule has 0 spiro atoms. The summed E-state index contributed by atoms with van der Waals surface area (Å²) < 4.78 is 8.35. The first-order valence-corrected chi connectivity index (χ1v) is 6.34. The van der Waals surface area contributed by atoms with E-state index in [-0.39, 0.29) is 0 Å². The van der Waals surface area contributed by atoms with Crippen LogP contribution < -0.4 is 10.5 Å². The van der Waals surface area contributed by atoms with Crippen molar-refractivity contribution in [2.75, 3.05) is 7.11 Å². The number of hydrogen-bond acceptors (Lipinski definition) is 3. The fourth-order valence-electron chi connectivity index (χ4n) is 1.68. The number of methoxy groups -OCH3 is 1. The molecule has 0 aliphatic rings. The van der Waals surface area contributed by atoms with E-state index in [1.807, 2.05) is 29.2 Å². The smallest absolute Gasteiger partial charge is 0.123 e. The fourth-order valence-corrected chi connectivity index (χ4v) is 2.13. The van der Waals surface area contributed by atoms with Crippen molar-refractivity contribution in [3.05, 3.63) is 45.3 Å². The van der Waals surface area contributed by atoms with Gasteiger partial charge in [-0.25, -0.2) is 0 Å². The van der Waals surface area contributed by atoms with Crippen LogP contribution in [-0.4, -0.2) is 16.9 Å². The van der Waals surface area contributed by atoms with E-state index in [1.54, 1.807) is 7.11 Å². The molecule has 0 fully saturated rings. The highest BCUT2D eigenvalue weighted by Crippen LogP contribution is 2.21. The maximum atomic E-state index is 5.64. The second-order valence-electron chi connectivity index (χ2n) is 3.71. The molecule has 2 aromatic rings. The Bertz CT molecular complexity index is 510. The summed E-state index contributed by atoms with van der Waals surface area (Å²) in [4.78, 5) is 0. The monoisotopic (exact) mass is 343 g/mol. The molecule has 1 aromatic heterocycles. The van der Waals surface area contributed by atoms with Crippen molar-refractivity contribution in [2.24, 2.45) is 5.73 Å². The summed E-state index contributed by atoms with van der Waals surface area (Å²) in [7, 11) is 1.67. The summed E-state index contributed by atoms with van der Waals surface area (Å²) in [5.41, 5.74) is 7.84. The zero-order valence-electron chi connectivity index (χ0n) is 9.56. The SMILES string of the molecule is COc1ccc(CN)cc1Cn1cc(I)cn1. The zero-order chi connectivity index (χ0) is 12.3. The van der Waals surface area contributed by atoms with Crippen molar-refractivity contribution in [1.29, 1.82) is 0 Å². The third kappa shape index (κ3) is 2.98. The molecule has 5 heteroatoms. The van der Waals surface area contributed by atoms with Crippen LogP contribution in [0.1, 0.15) is 11.1 Å². The standard InChI is InChI=1S/C12H14IN3O/c1-17-12-3-2-9(5-14)4-10(12)7-16-8-11(13)6-15-16/h2-4,6,8H,5,7,14H2,1H3. The summed E-state index contributed by atoms with van der Waals surface area (Å²) in [6, 6.07) is 5.99. The third-order valence-electron chi connectivity index (χ3n) is 2.51. The van der Waals surface area contributed by atoms with Gasteiger partial charge in [-0.3, -0.25) is 4.68 Å². The van der Waals surface area contributed by atoms with Gasteiger partial charge in [-0.05, 0) is 40.3 Å². The van der Waals surface area contributed by atoms with Gasteiger partial charge < -0.3 is 10.5 Å². The molecule has 0 saturated heterocycles. The predicted octanol–water partition coefficient (Wildman–Crippen LogP) is 2.00. The normalized spacial score (nSPS) is 10.5. The van der Waals surface area contributed by atoms with Crippen LogP contribution in [0.3, 0.4) is 0 Å². The van der Waals surface area contributed by atoms with Crippen molar-refractivity contribution in [1.82, 2.24) is 9.78 Å². The molecule has 90 valence electrons. The van der Waals surface area contributed by atoms with Gasteiger partial charge in [-0.2, -0.15) is 5.10 Å². The largest absolute Gasteiger partial charge is 0.496 e. The van der Waals surface area contributed by atoms with E-state index < -0.39 is 0 Å². The summed E-state index contributed by atoms with van der Waals surface area (Å²) >= 11 is 2.24. The number of rotatable bonds is 4. The molecule has 1 heterocycles. The van der Waals surface area contributed by atoms with E-state index in [9.17, 15) is 0 Å². The van der Waals surface area contributed by atoms with Gasteiger partial charge in [0.05, 0.1) is 23.4 Å². The molecule has 17 heavy (non-hydrogen) atoms. The minimum Gasteiger partial charge on any atom is -0.496 e. The lowest BCUT2D eigenvalue weighted by atomic mass is 10.1. The molecule has 0 amide bonds. The first-order chi connectivity index (χ1) is 8.22. The van der Waals surface area contributed by atoms with Gasteiger partial charge in [0.25, 0.3) is 0 Å². The number of nitrogens with two attached hydrogens (primary N) is 1. The van der Waals surface area contributed by atoms with Crippen molar-refractivity contribution in [2.45, 2.75) is 13.1 Å². The van der Waals surface area contributed by atoms with Crippen molar-refractivity contribution in [3.8, 4) is 5.75 Å². The molecular formula is C12H14IN3O. The van der Waals surface area contributed by atoms with Gasteiger partial charge in [0.2, 0.25) is 0 Å². The molecule has 2 rings (SSSR count). The summed E-state index contributed by atoms with van der Waals surface area (Å²) in [5.74, 6) is 0.868. The first-order valence-electron chi connectivity index (χ1n) is 5.26. The average Bonchev–Trinajstić information content (AvgIpc) is 2.74. The van der Waals surface area contributed by atoms with E-state index in [1.165, 1.54) is 0 Å². The minimum atomic E-state index is 0.535.